The van der Waals surface area contributed by atoms with E-state index in [1.807, 2.05) is 0 Å². The molecule has 0 spiro atoms. The highest BCUT2D eigenvalue weighted by Gasteiger charge is 2.37. The minimum Gasteiger partial charge on any atom is -0.480 e. The molecule has 0 amide bonds. The van der Waals surface area contributed by atoms with Gasteiger partial charge in [-0.25, -0.2) is 8.42 Å². The van der Waals surface area contributed by atoms with E-state index in [2.05, 4.69) is 0 Å². The number of carboxylic acid groups (broad SMARTS) is 1. The number of hydrogen-bond donors (Lipinski definition) is 2. The van der Waals surface area contributed by atoms with Crippen LogP contribution in [0.25, 0.3) is 0 Å². The summed E-state index contributed by atoms with van der Waals surface area (Å²) in [6.45, 7) is 0. The van der Waals surface area contributed by atoms with E-state index >= 15 is 0 Å². The van der Waals surface area contributed by atoms with Crippen LogP contribution in [0.5, 0.6) is 0 Å². The molecule has 0 aliphatic carbocycles. The molecule has 2 unspecified atom stereocenters. The van der Waals surface area contributed by atoms with E-state index in [0.29, 0.717) is 6.42 Å². The van der Waals surface area contributed by atoms with Crippen LogP contribution in [0.3, 0.4) is 0 Å². The minimum atomic E-state index is -3.44. The van der Waals surface area contributed by atoms with E-state index in [1.165, 1.54) is 0 Å². The van der Waals surface area contributed by atoms with Crippen LogP contribution < -0.4 is 5.73 Å². The third-order valence-electron chi connectivity index (χ3n) is 2.00. The zero-order valence-electron chi connectivity index (χ0n) is 6.43. The number of sulfone groups is 1. The standard InChI is InChI=1S/C6H11NO4S/c7-4-1-2-12(10,11)5(3-4)6(8)9/h4-5H,1-3,7H2,(H,8,9). The van der Waals surface area contributed by atoms with Crippen LogP contribution in [-0.2, 0) is 14.6 Å². The van der Waals surface area contributed by atoms with Crippen molar-refractivity contribution < 1.29 is 18.3 Å². The Morgan fingerprint density at radius 2 is 2.08 bits per heavy atom. The third-order valence-corrected chi connectivity index (χ3v) is 4.06. The van der Waals surface area contributed by atoms with Gasteiger partial charge in [-0.1, -0.05) is 0 Å². The molecule has 0 radical (unpaired) electrons. The Bertz CT molecular complexity index is 284. The minimum absolute atomic E-state index is 0.0394. The summed E-state index contributed by atoms with van der Waals surface area (Å²) in [6, 6.07) is -0.297. The van der Waals surface area contributed by atoms with Crippen molar-refractivity contribution in [3.8, 4) is 0 Å². The van der Waals surface area contributed by atoms with Crippen LogP contribution in [0.4, 0.5) is 0 Å². The lowest BCUT2D eigenvalue weighted by Gasteiger charge is -2.23. The van der Waals surface area contributed by atoms with E-state index in [1.54, 1.807) is 0 Å². The number of rotatable bonds is 1. The Morgan fingerprint density at radius 1 is 1.50 bits per heavy atom. The average Bonchev–Trinajstić information content (AvgIpc) is 1.94. The summed E-state index contributed by atoms with van der Waals surface area (Å²) in [6.07, 6.45) is 0.407. The molecule has 1 heterocycles. The molecule has 70 valence electrons. The van der Waals surface area contributed by atoms with Gasteiger partial charge in [-0.15, -0.1) is 0 Å². The van der Waals surface area contributed by atoms with Crippen molar-refractivity contribution in [2.75, 3.05) is 5.75 Å². The van der Waals surface area contributed by atoms with Gasteiger partial charge in [0, 0.05) is 6.04 Å². The molecular weight excluding hydrogens is 182 g/mol. The first-order valence-corrected chi connectivity index (χ1v) is 5.35. The van der Waals surface area contributed by atoms with Gasteiger partial charge in [-0.2, -0.15) is 0 Å². The molecule has 5 nitrogen and oxygen atoms in total. The average molecular weight is 193 g/mol. The maximum Gasteiger partial charge on any atom is 0.321 e. The quantitative estimate of drug-likeness (QED) is 0.555. The normalized spacial score (nSPS) is 34.4. The van der Waals surface area contributed by atoms with E-state index in [-0.39, 0.29) is 18.2 Å². The Balaban J connectivity index is 2.87. The van der Waals surface area contributed by atoms with E-state index in [0.717, 1.165) is 0 Å². The zero-order chi connectivity index (χ0) is 9.35. The van der Waals surface area contributed by atoms with Gasteiger partial charge in [-0.3, -0.25) is 4.79 Å². The lowest BCUT2D eigenvalue weighted by Crippen LogP contribution is -2.43. The first kappa shape index (κ1) is 9.47. The monoisotopic (exact) mass is 193 g/mol. The van der Waals surface area contributed by atoms with Crippen LogP contribution in [0.15, 0.2) is 0 Å². The third kappa shape index (κ3) is 1.75. The molecule has 1 aliphatic heterocycles. The fourth-order valence-electron chi connectivity index (χ4n) is 1.25. The van der Waals surface area contributed by atoms with Crippen LogP contribution in [0, 0.1) is 0 Å². The lowest BCUT2D eigenvalue weighted by atomic mass is 10.1. The topological polar surface area (TPSA) is 97.5 Å². The molecule has 3 N–H and O–H groups in total. The Labute approximate surface area is 70.5 Å². The highest BCUT2D eigenvalue weighted by molar-refractivity contribution is 7.92. The second kappa shape index (κ2) is 3.02. The molecule has 6 heteroatoms. The zero-order valence-corrected chi connectivity index (χ0v) is 7.25. The summed E-state index contributed by atoms with van der Waals surface area (Å²) < 4.78 is 22.3. The first-order valence-electron chi connectivity index (χ1n) is 3.63. The molecule has 0 bridgehead atoms. The fraction of sp³-hybridized carbons (Fsp3) is 0.833. The molecule has 12 heavy (non-hydrogen) atoms. The van der Waals surface area contributed by atoms with Gasteiger partial charge in [-0.05, 0) is 12.8 Å². The van der Waals surface area contributed by atoms with Crippen molar-refractivity contribution >= 4 is 15.8 Å². The van der Waals surface area contributed by atoms with Crippen LogP contribution in [0.2, 0.25) is 0 Å². The fourth-order valence-corrected chi connectivity index (χ4v) is 3.02. The highest BCUT2D eigenvalue weighted by Crippen LogP contribution is 2.18. The molecule has 1 aliphatic rings. The van der Waals surface area contributed by atoms with E-state index in [4.69, 9.17) is 10.8 Å². The second-order valence-corrected chi connectivity index (χ2v) is 5.28. The van der Waals surface area contributed by atoms with Crippen molar-refractivity contribution in [3.05, 3.63) is 0 Å². The van der Waals surface area contributed by atoms with Gasteiger partial charge >= 0.3 is 5.97 Å². The number of nitrogens with two attached hydrogens (primary N) is 1. The predicted octanol–water partition coefficient (Wildman–Crippen LogP) is -1.02. The van der Waals surface area contributed by atoms with Crippen molar-refractivity contribution in [2.45, 2.75) is 24.1 Å². The molecule has 0 saturated carbocycles. The molecular formula is C6H11NO4S. The van der Waals surface area contributed by atoms with E-state index < -0.39 is 21.1 Å². The highest BCUT2D eigenvalue weighted by atomic mass is 32.2. The Hall–Kier alpha value is -0.620. The molecule has 1 rings (SSSR count). The van der Waals surface area contributed by atoms with Crippen LogP contribution >= 0.6 is 0 Å². The van der Waals surface area contributed by atoms with Crippen molar-refractivity contribution in [1.29, 1.82) is 0 Å². The van der Waals surface area contributed by atoms with Gasteiger partial charge in [0.2, 0.25) is 0 Å². The molecule has 2 atom stereocenters. The summed E-state index contributed by atoms with van der Waals surface area (Å²) in [5.41, 5.74) is 5.46. The van der Waals surface area contributed by atoms with Crippen molar-refractivity contribution in [1.82, 2.24) is 0 Å². The summed E-state index contributed by atoms with van der Waals surface area (Å²) in [5.74, 6) is -1.39. The van der Waals surface area contributed by atoms with Gasteiger partial charge in [0.1, 0.15) is 0 Å². The van der Waals surface area contributed by atoms with Gasteiger partial charge in [0.25, 0.3) is 0 Å². The maximum atomic E-state index is 11.1. The first-order chi connectivity index (χ1) is 5.43. The maximum absolute atomic E-state index is 11.1. The van der Waals surface area contributed by atoms with Crippen molar-refractivity contribution in [3.63, 3.8) is 0 Å². The summed E-state index contributed by atoms with van der Waals surface area (Å²) in [5, 5.41) is 7.27. The number of hydrogen-bond acceptors (Lipinski definition) is 4. The van der Waals surface area contributed by atoms with E-state index in [9.17, 15) is 13.2 Å². The summed E-state index contributed by atoms with van der Waals surface area (Å²) in [4.78, 5) is 10.5. The van der Waals surface area contributed by atoms with Crippen LogP contribution in [0.1, 0.15) is 12.8 Å². The summed E-state index contributed by atoms with van der Waals surface area (Å²) in [7, 11) is -3.44. The molecule has 0 aromatic rings. The Kier molecular flexibility index (Phi) is 2.39. The smallest absolute Gasteiger partial charge is 0.321 e. The molecule has 0 aromatic heterocycles. The van der Waals surface area contributed by atoms with Gasteiger partial charge < -0.3 is 10.8 Å². The molecule has 1 saturated heterocycles. The summed E-state index contributed by atoms with van der Waals surface area (Å²) >= 11 is 0. The largest absolute Gasteiger partial charge is 0.480 e. The van der Waals surface area contributed by atoms with Gasteiger partial charge in [0.05, 0.1) is 5.75 Å². The van der Waals surface area contributed by atoms with Crippen LogP contribution in [-0.4, -0.2) is 36.5 Å². The number of carbonyl (C=O) groups is 1. The Morgan fingerprint density at radius 3 is 2.50 bits per heavy atom. The predicted molar refractivity (Wildman–Crippen MR) is 42.4 cm³/mol. The SMILES string of the molecule is NC1CCS(=O)(=O)C(C(=O)O)C1. The number of carboxylic acids is 1. The molecule has 1 fully saturated rings. The van der Waals surface area contributed by atoms with Gasteiger partial charge in [0.15, 0.2) is 15.1 Å². The second-order valence-electron chi connectivity index (χ2n) is 2.98. The van der Waals surface area contributed by atoms with Crippen molar-refractivity contribution in [2.24, 2.45) is 5.73 Å². The lowest BCUT2D eigenvalue weighted by molar-refractivity contribution is -0.136. The number of aliphatic carboxylic acids is 1. The molecule has 0 aromatic carbocycles.